The lowest BCUT2D eigenvalue weighted by atomic mass is 10.0. The molecule has 166 valence electrons. The predicted octanol–water partition coefficient (Wildman–Crippen LogP) is 3.80. The molecule has 2 N–H and O–H groups in total. The number of piperidine rings is 1. The number of guanidine groups is 1. The number of halogens is 1. The molecule has 0 bridgehead atoms. The van der Waals surface area contributed by atoms with Gasteiger partial charge in [0.05, 0.1) is 7.11 Å². The number of likely N-dealkylation sites (tertiary alicyclic amines) is 1. The van der Waals surface area contributed by atoms with Gasteiger partial charge in [0, 0.05) is 38.8 Å². The predicted molar refractivity (Wildman–Crippen MR) is 137 cm³/mol. The van der Waals surface area contributed by atoms with E-state index in [0.29, 0.717) is 18.7 Å². The van der Waals surface area contributed by atoms with Crippen LogP contribution in [0.15, 0.2) is 65.2 Å². The van der Waals surface area contributed by atoms with Crippen molar-refractivity contribution in [3.8, 4) is 5.75 Å². The summed E-state index contributed by atoms with van der Waals surface area (Å²) in [6, 6.07) is 17.5. The number of ether oxygens (including phenoxy) is 1. The van der Waals surface area contributed by atoms with Gasteiger partial charge in [0.25, 0.3) is 5.91 Å². The fourth-order valence-electron chi connectivity index (χ4n) is 3.46. The van der Waals surface area contributed by atoms with Crippen LogP contribution >= 0.6 is 24.0 Å². The second-order valence-electron chi connectivity index (χ2n) is 7.16. The van der Waals surface area contributed by atoms with Crippen LogP contribution in [0.2, 0.25) is 0 Å². The van der Waals surface area contributed by atoms with E-state index in [-0.39, 0.29) is 29.9 Å². The van der Waals surface area contributed by atoms with Crippen molar-refractivity contribution in [2.75, 3.05) is 40.3 Å². The number of amides is 1. The highest BCUT2D eigenvalue weighted by Crippen LogP contribution is 2.19. The van der Waals surface area contributed by atoms with Gasteiger partial charge in [-0.25, -0.2) is 0 Å². The molecule has 6 nitrogen and oxygen atoms in total. The summed E-state index contributed by atoms with van der Waals surface area (Å²) in [6.45, 7) is 3.03. The molecular weight excluding hydrogens is 503 g/mol. The third-order valence-corrected chi connectivity index (χ3v) is 5.13. The number of rotatable bonds is 6. The molecule has 1 saturated heterocycles. The molecule has 0 unspecified atom stereocenters. The molecule has 1 fully saturated rings. The Bertz CT molecular complexity index is 872. The Hall–Kier alpha value is -2.55. The number of aliphatic imine (C=N–C) groups is 1. The fraction of sp³-hybridized carbons (Fsp3) is 0.333. The Balaban J connectivity index is 0.00000341. The van der Waals surface area contributed by atoms with E-state index in [1.165, 1.54) is 11.1 Å². The molecule has 0 aliphatic carbocycles. The van der Waals surface area contributed by atoms with E-state index >= 15 is 0 Å². The Morgan fingerprint density at radius 2 is 1.68 bits per heavy atom. The molecule has 3 rings (SSSR count). The minimum atomic E-state index is -0.0943. The Morgan fingerprint density at radius 3 is 2.29 bits per heavy atom. The van der Waals surface area contributed by atoms with Crippen LogP contribution in [0.3, 0.4) is 0 Å². The summed E-state index contributed by atoms with van der Waals surface area (Å²) in [5.41, 5.74) is 3.35. The molecule has 2 aromatic carbocycles. The van der Waals surface area contributed by atoms with Crippen LogP contribution in [-0.2, 0) is 0 Å². The maximum atomic E-state index is 12.2. The average Bonchev–Trinajstić information content (AvgIpc) is 2.80. The molecule has 1 aliphatic rings. The third kappa shape index (κ3) is 7.57. The molecule has 7 heteroatoms. The van der Waals surface area contributed by atoms with Crippen molar-refractivity contribution in [2.24, 2.45) is 4.99 Å². The van der Waals surface area contributed by atoms with E-state index in [4.69, 9.17) is 4.74 Å². The summed E-state index contributed by atoms with van der Waals surface area (Å²) in [5, 5.41) is 6.28. The SMILES string of the molecule is CN=C(NCCNC(=O)c1ccc(OC)cc1)N1CCC(=Cc2ccccc2)CC1.I. The fourth-order valence-corrected chi connectivity index (χ4v) is 3.46. The summed E-state index contributed by atoms with van der Waals surface area (Å²) in [7, 11) is 3.41. The smallest absolute Gasteiger partial charge is 0.251 e. The number of hydrogen-bond donors (Lipinski definition) is 2. The lowest BCUT2D eigenvalue weighted by Crippen LogP contribution is -2.46. The molecule has 1 heterocycles. The number of carbonyl (C=O) groups is 1. The van der Waals surface area contributed by atoms with E-state index in [1.807, 2.05) is 6.07 Å². The number of hydrogen-bond acceptors (Lipinski definition) is 3. The number of nitrogens with one attached hydrogen (secondary N) is 2. The van der Waals surface area contributed by atoms with Gasteiger partial charge in [-0.3, -0.25) is 9.79 Å². The van der Waals surface area contributed by atoms with E-state index in [1.54, 1.807) is 38.4 Å². The highest BCUT2D eigenvalue weighted by Gasteiger charge is 2.17. The van der Waals surface area contributed by atoms with Crippen LogP contribution in [0.5, 0.6) is 5.75 Å². The summed E-state index contributed by atoms with van der Waals surface area (Å²) in [5.74, 6) is 1.52. The van der Waals surface area contributed by atoms with Gasteiger partial charge in [-0.1, -0.05) is 42.0 Å². The Kier molecular flexibility index (Phi) is 10.4. The van der Waals surface area contributed by atoms with E-state index in [9.17, 15) is 4.79 Å². The molecule has 0 radical (unpaired) electrons. The van der Waals surface area contributed by atoms with Gasteiger partial charge in [-0.05, 0) is 42.7 Å². The zero-order chi connectivity index (χ0) is 21.2. The normalized spacial score (nSPS) is 13.8. The van der Waals surface area contributed by atoms with Crippen LogP contribution in [0.25, 0.3) is 6.08 Å². The molecular formula is C24H31IN4O2. The van der Waals surface area contributed by atoms with Crippen molar-refractivity contribution < 1.29 is 9.53 Å². The first-order chi connectivity index (χ1) is 14.7. The van der Waals surface area contributed by atoms with Gasteiger partial charge in [-0.15, -0.1) is 24.0 Å². The molecule has 2 aromatic rings. The van der Waals surface area contributed by atoms with Crippen molar-refractivity contribution in [1.29, 1.82) is 0 Å². The monoisotopic (exact) mass is 534 g/mol. The highest BCUT2D eigenvalue weighted by atomic mass is 127. The van der Waals surface area contributed by atoms with Crippen LogP contribution in [0, 0.1) is 0 Å². The lowest BCUT2D eigenvalue weighted by Gasteiger charge is -2.31. The number of benzene rings is 2. The van der Waals surface area contributed by atoms with Crippen molar-refractivity contribution in [3.05, 3.63) is 71.3 Å². The molecule has 0 saturated carbocycles. The van der Waals surface area contributed by atoms with Gasteiger partial charge in [-0.2, -0.15) is 0 Å². The molecule has 31 heavy (non-hydrogen) atoms. The maximum absolute atomic E-state index is 12.2. The quantitative estimate of drug-likeness (QED) is 0.256. The van der Waals surface area contributed by atoms with E-state index in [0.717, 1.165) is 37.6 Å². The summed E-state index contributed by atoms with van der Waals surface area (Å²) in [4.78, 5) is 18.9. The van der Waals surface area contributed by atoms with Gasteiger partial charge in [0.15, 0.2) is 5.96 Å². The minimum Gasteiger partial charge on any atom is -0.497 e. The first-order valence-corrected chi connectivity index (χ1v) is 10.3. The molecule has 0 aromatic heterocycles. The van der Waals surface area contributed by atoms with Crippen LogP contribution in [0.4, 0.5) is 0 Å². The Labute approximate surface area is 201 Å². The van der Waals surface area contributed by atoms with Crippen molar-refractivity contribution in [2.45, 2.75) is 12.8 Å². The maximum Gasteiger partial charge on any atom is 0.251 e. The largest absolute Gasteiger partial charge is 0.497 e. The van der Waals surface area contributed by atoms with Crippen LogP contribution in [-0.4, -0.2) is 57.1 Å². The molecule has 1 aliphatic heterocycles. The topological polar surface area (TPSA) is 66.0 Å². The van der Waals surface area contributed by atoms with Gasteiger partial charge in [0.2, 0.25) is 0 Å². The summed E-state index contributed by atoms with van der Waals surface area (Å²) in [6.07, 6.45) is 4.36. The average molecular weight is 534 g/mol. The second-order valence-corrected chi connectivity index (χ2v) is 7.16. The van der Waals surface area contributed by atoms with Crippen molar-refractivity contribution >= 4 is 41.9 Å². The van der Waals surface area contributed by atoms with Crippen molar-refractivity contribution in [3.63, 3.8) is 0 Å². The standard InChI is InChI=1S/C24H30N4O2.HI/c1-25-24(27-15-14-26-23(29)21-8-10-22(30-2)11-9-21)28-16-12-20(13-17-28)18-19-6-4-3-5-7-19;/h3-11,18H,12-17H2,1-2H3,(H,25,27)(H,26,29);1H. The van der Waals surface area contributed by atoms with Gasteiger partial charge in [0.1, 0.15) is 5.75 Å². The zero-order valence-corrected chi connectivity index (χ0v) is 20.5. The van der Waals surface area contributed by atoms with Crippen LogP contribution < -0.4 is 15.4 Å². The first kappa shape index (κ1) is 24.7. The van der Waals surface area contributed by atoms with Crippen molar-refractivity contribution in [1.82, 2.24) is 15.5 Å². The third-order valence-electron chi connectivity index (χ3n) is 5.13. The second kappa shape index (κ2) is 13.0. The number of carbonyl (C=O) groups excluding carboxylic acids is 1. The number of methoxy groups -OCH3 is 1. The summed E-state index contributed by atoms with van der Waals surface area (Å²) >= 11 is 0. The zero-order valence-electron chi connectivity index (χ0n) is 18.1. The summed E-state index contributed by atoms with van der Waals surface area (Å²) < 4.78 is 5.12. The van der Waals surface area contributed by atoms with Crippen LogP contribution in [0.1, 0.15) is 28.8 Å². The molecule has 0 spiro atoms. The Morgan fingerprint density at radius 1 is 1.03 bits per heavy atom. The van der Waals surface area contributed by atoms with E-state index < -0.39 is 0 Å². The minimum absolute atomic E-state index is 0. The van der Waals surface area contributed by atoms with E-state index in [2.05, 4.69) is 50.9 Å². The lowest BCUT2D eigenvalue weighted by molar-refractivity contribution is 0.0954. The first-order valence-electron chi connectivity index (χ1n) is 10.3. The van der Waals surface area contributed by atoms with Gasteiger partial charge < -0.3 is 20.3 Å². The number of nitrogens with zero attached hydrogens (tertiary/aromatic N) is 2. The molecule has 1 amide bonds. The molecule has 0 atom stereocenters. The highest BCUT2D eigenvalue weighted by molar-refractivity contribution is 14.0. The van der Waals surface area contributed by atoms with Gasteiger partial charge >= 0.3 is 0 Å².